The van der Waals surface area contributed by atoms with Crippen molar-refractivity contribution in [1.82, 2.24) is 15.5 Å². The first kappa shape index (κ1) is 20.6. The third-order valence-electron chi connectivity index (χ3n) is 5.43. The van der Waals surface area contributed by atoms with Crippen molar-refractivity contribution in [2.45, 2.75) is 46.1 Å². The van der Waals surface area contributed by atoms with E-state index in [4.69, 9.17) is 4.74 Å². The molecule has 0 aliphatic carbocycles. The van der Waals surface area contributed by atoms with Crippen LogP contribution in [-0.4, -0.2) is 51.2 Å². The topological polar surface area (TPSA) is 48.9 Å². The molecule has 1 aliphatic heterocycles. The van der Waals surface area contributed by atoms with E-state index >= 15 is 0 Å². The molecule has 1 atom stereocenters. The molecule has 1 heterocycles. The summed E-state index contributed by atoms with van der Waals surface area (Å²) in [5.74, 6) is 2.60. The molecular formula is C21H36N4O. The Morgan fingerprint density at radius 3 is 2.69 bits per heavy atom. The van der Waals surface area contributed by atoms with Crippen molar-refractivity contribution >= 4 is 5.96 Å². The molecule has 5 heteroatoms. The van der Waals surface area contributed by atoms with Crippen molar-refractivity contribution < 1.29 is 4.74 Å². The van der Waals surface area contributed by atoms with Crippen LogP contribution >= 0.6 is 0 Å². The Bertz CT molecular complexity index is 579. The van der Waals surface area contributed by atoms with E-state index in [0.717, 1.165) is 29.7 Å². The number of piperidine rings is 1. The maximum atomic E-state index is 5.51. The molecule has 0 amide bonds. The summed E-state index contributed by atoms with van der Waals surface area (Å²) < 4.78 is 5.51. The van der Waals surface area contributed by atoms with Gasteiger partial charge in [0.1, 0.15) is 5.75 Å². The summed E-state index contributed by atoms with van der Waals surface area (Å²) in [7, 11) is 3.55. The Hall–Kier alpha value is -1.75. The number of ether oxygens (including phenoxy) is 1. The summed E-state index contributed by atoms with van der Waals surface area (Å²) in [5, 5.41) is 6.97. The SMILES string of the molecule is CCN1CCC(CCNC(=NC)NC(C)c2cc(C)ccc2OC)CC1. The molecule has 0 aromatic heterocycles. The second-order valence-corrected chi connectivity index (χ2v) is 7.28. The molecule has 1 unspecified atom stereocenters. The number of likely N-dealkylation sites (tertiary alicyclic amines) is 1. The number of hydrogen-bond acceptors (Lipinski definition) is 3. The van der Waals surface area contributed by atoms with Gasteiger partial charge in [-0.1, -0.05) is 24.6 Å². The first-order valence-electron chi connectivity index (χ1n) is 9.91. The first-order valence-corrected chi connectivity index (χ1v) is 9.91. The minimum absolute atomic E-state index is 0.129. The van der Waals surface area contributed by atoms with E-state index in [-0.39, 0.29) is 6.04 Å². The highest BCUT2D eigenvalue weighted by Gasteiger charge is 2.18. The van der Waals surface area contributed by atoms with Crippen molar-refractivity contribution in [2.75, 3.05) is 40.3 Å². The van der Waals surface area contributed by atoms with Crippen LogP contribution in [0, 0.1) is 12.8 Å². The number of rotatable bonds is 7. The molecule has 2 N–H and O–H groups in total. The Morgan fingerprint density at radius 2 is 2.08 bits per heavy atom. The van der Waals surface area contributed by atoms with Gasteiger partial charge in [0.05, 0.1) is 13.2 Å². The Kier molecular flexibility index (Phi) is 8.23. The molecule has 5 nitrogen and oxygen atoms in total. The summed E-state index contributed by atoms with van der Waals surface area (Å²) in [6.07, 6.45) is 3.84. The number of nitrogens with one attached hydrogen (secondary N) is 2. The minimum Gasteiger partial charge on any atom is -0.496 e. The van der Waals surface area contributed by atoms with E-state index < -0.39 is 0 Å². The Balaban J connectivity index is 1.81. The fraction of sp³-hybridized carbons (Fsp3) is 0.667. The zero-order valence-corrected chi connectivity index (χ0v) is 17.1. The van der Waals surface area contributed by atoms with Gasteiger partial charge in [-0.05, 0) is 64.7 Å². The Morgan fingerprint density at radius 1 is 1.35 bits per heavy atom. The van der Waals surface area contributed by atoms with Crippen LogP contribution in [0.5, 0.6) is 5.75 Å². The van der Waals surface area contributed by atoms with Crippen molar-refractivity contribution in [3.05, 3.63) is 29.3 Å². The fourth-order valence-electron chi connectivity index (χ4n) is 3.66. The monoisotopic (exact) mass is 360 g/mol. The maximum Gasteiger partial charge on any atom is 0.191 e. The van der Waals surface area contributed by atoms with Crippen molar-refractivity contribution in [2.24, 2.45) is 10.9 Å². The molecule has 1 aliphatic rings. The number of hydrogen-bond donors (Lipinski definition) is 2. The van der Waals surface area contributed by atoms with E-state index in [1.165, 1.54) is 44.5 Å². The number of nitrogens with zero attached hydrogens (tertiary/aromatic N) is 2. The molecule has 1 saturated heterocycles. The predicted molar refractivity (Wildman–Crippen MR) is 110 cm³/mol. The van der Waals surface area contributed by atoms with E-state index in [1.807, 2.05) is 13.1 Å². The summed E-state index contributed by atoms with van der Waals surface area (Å²) in [4.78, 5) is 6.93. The average molecular weight is 361 g/mol. The number of methoxy groups -OCH3 is 1. The van der Waals surface area contributed by atoms with Crippen LogP contribution in [0.3, 0.4) is 0 Å². The Labute approximate surface area is 159 Å². The molecule has 1 aromatic carbocycles. The lowest BCUT2D eigenvalue weighted by Crippen LogP contribution is -2.40. The summed E-state index contributed by atoms with van der Waals surface area (Å²) >= 11 is 0. The number of guanidine groups is 1. The van der Waals surface area contributed by atoms with Crippen LogP contribution in [0.25, 0.3) is 0 Å². The number of benzene rings is 1. The molecule has 0 saturated carbocycles. The van der Waals surface area contributed by atoms with Crippen LogP contribution in [0.15, 0.2) is 23.2 Å². The number of aryl methyl sites for hydroxylation is 1. The van der Waals surface area contributed by atoms with Gasteiger partial charge in [0.2, 0.25) is 0 Å². The zero-order chi connectivity index (χ0) is 18.9. The van der Waals surface area contributed by atoms with Gasteiger partial charge in [-0.3, -0.25) is 4.99 Å². The third kappa shape index (κ3) is 5.90. The second kappa shape index (κ2) is 10.4. The largest absolute Gasteiger partial charge is 0.496 e. The van der Waals surface area contributed by atoms with Gasteiger partial charge in [0.15, 0.2) is 5.96 Å². The molecule has 0 bridgehead atoms. The first-order chi connectivity index (χ1) is 12.6. The molecule has 0 radical (unpaired) electrons. The highest BCUT2D eigenvalue weighted by atomic mass is 16.5. The normalized spacial score (nSPS) is 17.8. The van der Waals surface area contributed by atoms with Crippen LogP contribution in [0.4, 0.5) is 0 Å². The lowest BCUT2D eigenvalue weighted by molar-refractivity contribution is 0.187. The fourth-order valence-corrected chi connectivity index (χ4v) is 3.66. The van der Waals surface area contributed by atoms with Gasteiger partial charge in [-0.15, -0.1) is 0 Å². The van der Waals surface area contributed by atoms with E-state index in [0.29, 0.717) is 0 Å². The van der Waals surface area contributed by atoms with E-state index in [9.17, 15) is 0 Å². The van der Waals surface area contributed by atoms with Crippen LogP contribution in [0.1, 0.15) is 50.3 Å². The standard InChI is InChI=1S/C21H36N4O/c1-6-25-13-10-18(11-14-25)9-12-23-21(22-4)24-17(3)19-15-16(2)7-8-20(19)26-5/h7-8,15,17-18H,6,9-14H2,1-5H3,(H2,22,23,24). The molecule has 1 fully saturated rings. The van der Waals surface area contributed by atoms with Gasteiger partial charge >= 0.3 is 0 Å². The van der Waals surface area contributed by atoms with Gasteiger partial charge in [0.25, 0.3) is 0 Å². The highest BCUT2D eigenvalue weighted by Crippen LogP contribution is 2.26. The highest BCUT2D eigenvalue weighted by molar-refractivity contribution is 5.80. The molecule has 1 aromatic rings. The van der Waals surface area contributed by atoms with E-state index in [1.54, 1.807) is 7.11 Å². The second-order valence-electron chi connectivity index (χ2n) is 7.28. The van der Waals surface area contributed by atoms with Crippen molar-refractivity contribution in [3.63, 3.8) is 0 Å². The minimum atomic E-state index is 0.129. The summed E-state index contributed by atoms with van der Waals surface area (Å²) in [5.41, 5.74) is 2.39. The summed E-state index contributed by atoms with van der Waals surface area (Å²) in [6.45, 7) is 11.1. The quantitative estimate of drug-likeness (QED) is 0.578. The molecule has 0 spiro atoms. The van der Waals surface area contributed by atoms with Gasteiger partial charge < -0.3 is 20.3 Å². The van der Waals surface area contributed by atoms with Crippen LogP contribution in [-0.2, 0) is 0 Å². The van der Waals surface area contributed by atoms with Gasteiger partial charge in [0, 0.05) is 19.2 Å². The molecule has 2 rings (SSSR count). The van der Waals surface area contributed by atoms with Gasteiger partial charge in [-0.2, -0.15) is 0 Å². The molecule has 146 valence electrons. The van der Waals surface area contributed by atoms with Crippen LogP contribution < -0.4 is 15.4 Å². The lowest BCUT2D eigenvalue weighted by Gasteiger charge is -2.31. The zero-order valence-electron chi connectivity index (χ0n) is 17.1. The summed E-state index contributed by atoms with van der Waals surface area (Å²) in [6, 6.07) is 6.41. The molecular weight excluding hydrogens is 324 g/mol. The third-order valence-corrected chi connectivity index (χ3v) is 5.43. The van der Waals surface area contributed by atoms with Crippen molar-refractivity contribution in [3.8, 4) is 5.75 Å². The maximum absolute atomic E-state index is 5.51. The van der Waals surface area contributed by atoms with Crippen molar-refractivity contribution in [1.29, 1.82) is 0 Å². The van der Waals surface area contributed by atoms with Crippen LogP contribution in [0.2, 0.25) is 0 Å². The van der Waals surface area contributed by atoms with Gasteiger partial charge in [-0.25, -0.2) is 0 Å². The van der Waals surface area contributed by atoms with E-state index in [2.05, 4.69) is 53.4 Å². The predicted octanol–water partition coefficient (Wildman–Crippen LogP) is 3.35. The lowest BCUT2D eigenvalue weighted by atomic mass is 9.93. The smallest absolute Gasteiger partial charge is 0.191 e. The average Bonchev–Trinajstić information content (AvgIpc) is 2.67. The number of aliphatic imine (C=N–C) groups is 1. The molecule has 26 heavy (non-hydrogen) atoms.